The first-order valence-corrected chi connectivity index (χ1v) is 13.9. The number of rotatable bonds is 6. The molecule has 0 bridgehead atoms. The Bertz CT molecular complexity index is 803. The normalized spacial score (nSPS) is 40.8. The number of nitrogens with one attached hydrogen (secondary N) is 2. The van der Waals surface area contributed by atoms with Crippen LogP contribution in [0.3, 0.4) is 0 Å². The summed E-state index contributed by atoms with van der Waals surface area (Å²) in [6.07, 6.45) is 1.64. The van der Waals surface area contributed by atoms with Gasteiger partial charge < -0.3 is 10.0 Å². The van der Waals surface area contributed by atoms with Gasteiger partial charge in [0.25, 0.3) is 0 Å². The molecule has 8 atom stereocenters. The highest BCUT2D eigenvalue weighted by Gasteiger charge is 2.58. The van der Waals surface area contributed by atoms with Gasteiger partial charge >= 0.3 is 6.18 Å². The molecule has 36 heavy (non-hydrogen) atoms. The van der Waals surface area contributed by atoms with Gasteiger partial charge in [0.05, 0.1) is 24.4 Å². The molecule has 10 heteroatoms. The van der Waals surface area contributed by atoms with Crippen molar-refractivity contribution in [2.24, 2.45) is 35.5 Å². The Morgan fingerprint density at radius 2 is 1.94 bits per heavy atom. The molecule has 206 valence electrons. The Morgan fingerprint density at radius 3 is 2.58 bits per heavy atom. The molecule has 0 aromatic heterocycles. The maximum Gasteiger partial charge on any atom is 0.392 e. The minimum atomic E-state index is -4.28. The summed E-state index contributed by atoms with van der Waals surface area (Å²) >= 11 is 0. The van der Waals surface area contributed by atoms with Crippen LogP contribution in [0.25, 0.3) is 0 Å². The van der Waals surface area contributed by atoms with E-state index in [2.05, 4.69) is 29.7 Å². The van der Waals surface area contributed by atoms with Crippen LogP contribution in [0.2, 0.25) is 0 Å². The Hall–Kier alpha value is -0.940. The molecule has 3 N–H and O–H groups in total. The number of hydrogen-bond acceptors (Lipinski definition) is 6. The molecule has 3 heterocycles. The van der Waals surface area contributed by atoms with Gasteiger partial charge in [-0.1, -0.05) is 19.8 Å². The van der Waals surface area contributed by atoms with Crippen molar-refractivity contribution in [2.45, 2.75) is 82.8 Å². The predicted octanol–water partition coefficient (Wildman–Crippen LogP) is 2.62. The third-order valence-electron chi connectivity index (χ3n) is 9.94. The van der Waals surface area contributed by atoms with Gasteiger partial charge in [0.2, 0.25) is 5.91 Å². The Kier molecular flexibility index (Phi) is 7.39. The predicted molar refractivity (Wildman–Crippen MR) is 130 cm³/mol. The fraction of sp³-hybridized carbons (Fsp3) is 0.962. The number of halogens is 3. The van der Waals surface area contributed by atoms with E-state index < -0.39 is 29.5 Å². The van der Waals surface area contributed by atoms with Crippen molar-refractivity contribution in [1.29, 1.82) is 0 Å². The second-order valence-electron chi connectivity index (χ2n) is 13.0. The zero-order valence-electron chi connectivity index (χ0n) is 21.9. The minimum absolute atomic E-state index is 0.0331. The number of β-amino-alcohol motifs (C(OH)–C–C–N with tert-alkyl or cyclic N) is 1. The zero-order chi connectivity index (χ0) is 25.8. The Labute approximate surface area is 213 Å². The molecule has 0 spiro atoms. The van der Waals surface area contributed by atoms with E-state index in [0.717, 1.165) is 38.8 Å². The van der Waals surface area contributed by atoms with Crippen LogP contribution in [0, 0.1) is 35.5 Å². The third kappa shape index (κ3) is 5.44. The number of alkyl halides is 3. The van der Waals surface area contributed by atoms with Crippen molar-refractivity contribution in [3.8, 4) is 0 Å². The number of carbonyl (C=O) groups is 1. The van der Waals surface area contributed by atoms with E-state index in [1.165, 1.54) is 0 Å². The van der Waals surface area contributed by atoms with Gasteiger partial charge in [-0.2, -0.15) is 13.2 Å². The van der Waals surface area contributed by atoms with Crippen LogP contribution in [0.5, 0.6) is 0 Å². The van der Waals surface area contributed by atoms with Gasteiger partial charge in [-0.15, -0.1) is 0 Å². The highest BCUT2D eigenvalue weighted by atomic mass is 19.4. The maximum absolute atomic E-state index is 14.2. The molecule has 0 aromatic rings. The molecule has 7 nitrogen and oxygen atoms in total. The van der Waals surface area contributed by atoms with Crippen LogP contribution >= 0.6 is 0 Å². The van der Waals surface area contributed by atoms with E-state index in [1.54, 1.807) is 6.92 Å². The molecule has 0 radical (unpaired) electrons. The van der Waals surface area contributed by atoms with Crippen LogP contribution in [-0.4, -0.2) is 89.6 Å². The maximum atomic E-state index is 14.2. The summed E-state index contributed by atoms with van der Waals surface area (Å²) in [5, 5.41) is 10.0. The van der Waals surface area contributed by atoms with Crippen LogP contribution in [0.4, 0.5) is 13.2 Å². The quantitative estimate of drug-likeness (QED) is 0.505. The molecule has 2 saturated carbocycles. The van der Waals surface area contributed by atoms with Crippen LogP contribution in [0.1, 0.15) is 58.8 Å². The van der Waals surface area contributed by atoms with E-state index in [1.807, 2.05) is 9.80 Å². The number of likely N-dealkylation sites (tertiary alicyclic amines) is 2. The number of hydrazine groups is 1. The van der Waals surface area contributed by atoms with Crippen molar-refractivity contribution in [3.63, 3.8) is 0 Å². The molecule has 3 saturated heterocycles. The van der Waals surface area contributed by atoms with E-state index >= 15 is 0 Å². The molecule has 1 amide bonds. The number of amides is 1. The average molecular weight is 516 g/mol. The lowest BCUT2D eigenvalue weighted by atomic mass is 9.68. The van der Waals surface area contributed by atoms with Gasteiger partial charge in [0.1, 0.15) is 0 Å². The summed E-state index contributed by atoms with van der Waals surface area (Å²) < 4.78 is 42.6. The highest BCUT2D eigenvalue weighted by Crippen LogP contribution is 2.51. The lowest BCUT2D eigenvalue weighted by Crippen LogP contribution is -2.61. The molecule has 5 fully saturated rings. The second kappa shape index (κ2) is 9.98. The molecular weight excluding hydrogens is 471 g/mol. The fourth-order valence-corrected chi connectivity index (χ4v) is 8.07. The first kappa shape index (κ1) is 26.7. The van der Waals surface area contributed by atoms with Gasteiger partial charge in [0, 0.05) is 38.1 Å². The van der Waals surface area contributed by atoms with Crippen molar-refractivity contribution in [1.82, 2.24) is 25.6 Å². The summed E-state index contributed by atoms with van der Waals surface area (Å²) in [6, 6.07) is 0.0644. The SMILES string of the molecule is C[C@H](CC1NNCN1C)C1CCCC(N2CC3C(CC(CN4CC(C)(O)C4)CC3C(F)(F)F)C2=O)C1. The summed E-state index contributed by atoms with van der Waals surface area (Å²) in [5.41, 5.74) is 5.76. The van der Waals surface area contributed by atoms with Crippen LogP contribution in [-0.2, 0) is 4.79 Å². The fourth-order valence-electron chi connectivity index (χ4n) is 8.07. The molecule has 5 rings (SSSR count). The molecule has 2 aliphatic carbocycles. The van der Waals surface area contributed by atoms with Crippen molar-refractivity contribution in [3.05, 3.63) is 0 Å². The van der Waals surface area contributed by atoms with Crippen LogP contribution in [0.15, 0.2) is 0 Å². The first-order valence-electron chi connectivity index (χ1n) is 13.9. The average Bonchev–Trinajstić information content (AvgIpc) is 3.34. The highest BCUT2D eigenvalue weighted by molar-refractivity contribution is 5.82. The van der Waals surface area contributed by atoms with Gasteiger partial charge in [-0.25, -0.2) is 10.9 Å². The lowest BCUT2D eigenvalue weighted by Gasteiger charge is -2.47. The minimum Gasteiger partial charge on any atom is -0.388 e. The first-order chi connectivity index (χ1) is 16.9. The molecule has 0 aromatic carbocycles. The summed E-state index contributed by atoms with van der Waals surface area (Å²) in [6.45, 7) is 6.66. The summed E-state index contributed by atoms with van der Waals surface area (Å²) in [7, 11) is 2.09. The van der Waals surface area contributed by atoms with E-state index in [-0.39, 0.29) is 37.0 Å². The lowest BCUT2D eigenvalue weighted by molar-refractivity contribution is -0.205. The zero-order valence-corrected chi connectivity index (χ0v) is 21.9. The number of hydrogen-bond donors (Lipinski definition) is 3. The number of carbonyl (C=O) groups excluding carboxylic acids is 1. The second-order valence-corrected chi connectivity index (χ2v) is 13.0. The van der Waals surface area contributed by atoms with Crippen LogP contribution < -0.4 is 10.9 Å². The van der Waals surface area contributed by atoms with Gasteiger partial charge in [-0.05, 0) is 69.7 Å². The Morgan fingerprint density at radius 1 is 1.19 bits per heavy atom. The molecule has 3 aliphatic heterocycles. The largest absolute Gasteiger partial charge is 0.392 e. The third-order valence-corrected chi connectivity index (χ3v) is 9.94. The monoisotopic (exact) mass is 515 g/mol. The topological polar surface area (TPSA) is 71.1 Å². The summed E-state index contributed by atoms with van der Waals surface area (Å²) in [4.78, 5) is 19.8. The molecule has 7 unspecified atom stereocenters. The summed E-state index contributed by atoms with van der Waals surface area (Å²) in [5.74, 6) is -1.76. The number of nitrogens with zero attached hydrogens (tertiary/aromatic N) is 3. The van der Waals surface area contributed by atoms with Gasteiger partial charge in [-0.3, -0.25) is 14.6 Å². The number of fused-ring (bicyclic) bond motifs is 1. The van der Waals surface area contributed by atoms with E-state index in [0.29, 0.717) is 37.9 Å². The molecule has 5 aliphatic rings. The van der Waals surface area contributed by atoms with Crippen molar-refractivity contribution >= 4 is 5.91 Å². The van der Waals surface area contributed by atoms with Crippen molar-refractivity contribution in [2.75, 3.05) is 39.9 Å². The van der Waals surface area contributed by atoms with E-state index in [4.69, 9.17) is 0 Å². The van der Waals surface area contributed by atoms with Gasteiger partial charge in [0.15, 0.2) is 0 Å². The number of aliphatic hydroxyl groups is 1. The van der Waals surface area contributed by atoms with Crippen molar-refractivity contribution < 1.29 is 23.1 Å². The molecular formula is C26H44F3N5O2. The Balaban J connectivity index is 1.24. The standard InChI is InChI=1S/C26H44F3N5O2/c1-16(7-23-31-30-15-32(23)3)18-5-4-6-19(10-18)34-12-21-20(24(34)35)8-17(9-22(21)26(27,28)29)11-33-13-25(2,36)14-33/h16-23,30-31,36H,4-15H2,1-3H3/t16-,17?,18?,19?,20?,21?,22?,23?/m1/s1. The smallest absolute Gasteiger partial charge is 0.388 e. The van der Waals surface area contributed by atoms with E-state index in [9.17, 15) is 23.1 Å².